The highest BCUT2D eigenvalue weighted by atomic mass is 16.6. The monoisotopic (exact) mass is 302 g/mol. The number of likely N-dealkylation sites (N-methyl/N-ethyl adjacent to an activating group) is 1. The lowest BCUT2D eigenvalue weighted by atomic mass is 10.2. The third-order valence-electron chi connectivity index (χ3n) is 2.42. The Balaban J connectivity index is 4.52. The van der Waals surface area contributed by atoms with Crippen LogP contribution in [0.4, 0.5) is 4.79 Å². The van der Waals surface area contributed by atoms with Crippen LogP contribution in [0.3, 0.4) is 0 Å². The first-order valence-electron chi connectivity index (χ1n) is 7.04. The maximum absolute atomic E-state index is 12.2. The molecule has 0 aromatic heterocycles. The normalized spacial score (nSPS) is 12.3. The summed E-state index contributed by atoms with van der Waals surface area (Å²) in [6, 6.07) is -0.783. The summed E-state index contributed by atoms with van der Waals surface area (Å²) in [5, 5.41) is 2.45. The average Bonchev–Trinajstić information content (AvgIpc) is 2.32. The van der Waals surface area contributed by atoms with Crippen LogP contribution in [0.2, 0.25) is 0 Å². The molecule has 0 rings (SSSR count). The first-order valence-corrected chi connectivity index (χ1v) is 7.04. The van der Waals surface area contributed by atoms with Crippen LogP contribution in [0.25, 0.3) is 0 Å². The summed E-state index contributed by atoms with van der Waals surface area (Å²) >= 11 is 0. The largest absolute Gasteiger partial charge is 0.465 e. The van der Waals surface area contributed by atoms with E-state index >= 15 is 0 Å². The lowest BCUT2D eigenvalue weighted by Gasteiger charge is -2.25. The van der Waals surface area contributed by atoms with Crippen LogP contribution in [0.15, 0.2) is 0 Å². The fourth-order valence-electron chi connectivity index (χ4n) is 1.53. The third-order valence-corrected chi connectivity index (χ3v) is 2.42. The zero-order chi connectivity index (χ0) is 16.6. The van der Waals surface area contributed by atoms with Crippen LogP contribution >= 0.6 is 0 Å². The molecule has 0 spiro atoms. The van der Waals surface area contributed by atoms with Crippen molar-refractivity contribution in [1.29, 1.82) is 0 Å². The lowest BCUT2D eigenvalue weighted by Crippen LogP contribution is -2.49. The zero-order valence-corrected chi connectivity index (χ0v) is 13.7. The molecule has 0 bridgehead atoms. The van der Waals surface area contributed by atoms with Gasteiger partial charge in [-0.3, -0.25) is 9.59 Å². The standard InChI is InChI=1S/C14H26N2O5/c1-7-16(9-11(17)20-8-2)12(18)10(3)15-13(19)21-14(4,5)6/h10H,7-9H2,1-6H3,(H,15,19)/t10-/m0/s1. The van der Waals surface area contributed by atoms with Gasteiger partial charge in [0.15, 0.2) is 0 Å². The van der Waals surface area contributed by atoms with Gasteiger partial charge in [0.05, 0.1) is 6.61 Å². The number of hydrogen-bond donors (Lipinski definition) is 1. The third kappa shape index (κ3) is 8.16. The Kier molecular flexibility index (Phi) is 7.76. The molecule has 7 heteroatoms. The summed E-state index contributed by atoms with van der Waals surface area (Å²) in [5.41, 5.74) is -0.637. The lowest BCUT2D eigenvalue weighted by molar-refractivity contribution is -0.149. The summed E-state index contributed by atoms with van der Waals surface area (Å²) in [6.07, 6.45) is -0.671. The molecule has 0 unspecified atom stereocenters. The Bertz CT molecular complexity index is 376. The molecular formula is C14H26N2O5. The molecule has 0 heterocycles. The number of amides is 2. The molecule has 0 aliphatic carbocycles. The number of carbonyl (C=O) groups is 3. The molecule has 0 radical (unpaired) electrons. The minimum absolute atomic E-state index is 0.135. The van der Waals surface area contributed by atoms with Gasteiger partial charge in [0.25, 0.3) is 0 Å². The van der Waals surface area contributed by atoms with E-state index in [2.05, 4.69) is 5.32 Å². The van der Waals surface area contributed by atoms with Gasteiger partial charge < -0.3 is 19.7 Å². The van der Waals surface area contributed by atoms with Crippen molar-refractivity contribution in [2.75, 3.05) is 19.7 Å². The Morgan fingerprint density at radius 2 is 1.76 bits per heavy atom. The maximum atomic E-state index is 12.2. The number of carbonyl (C=O) groups excluding carboxylic acids is 3. The van der Waals surface area contributed by atoms with Gasteiger partial charge in [-0.15, -0.1) is 0 Å². The Hall–Kier alpha value is -1.79. The molecule has 1 N–H and O–H groups in total. The zero-order valence-electron chi connectivity index (χ0n) is 13.7. The predicted molar refractivity (Wildman–Crippen MR) is 77.7 cm³/mol. The number of esters is 1. The van der Waals surface area contributed by atoms with Crippen molar-refractivity contribution in [3.05, 3.63) is 0 Å². The van der Waals surface area contributed by atoms with Gasteiger partial charge in [-0.05, 0) is 41.5 Å². The first kappa shape index (κ1) is 19.2. The average molecular weight is 302 g/mol. The van der Waals surface area contributed by atoms with E-state index in [0.717, 1.165) is 0 Å². The van der Waals surface area contributed by atoms with Crippen molar-refractivity contribution in [2.24, 2.45) is 0 Å². The van der Waals surface area contributed by atoms with E-state index in [-0.39, 0.29) is 19.1 Å². The maximum Gasteiger partial charge on any atom is 0.408 e. The van der Waals surface area contributed by atoms with Gasteiger partial charge in [0.2, 0.25) is 5.91 Å². The highest BCUT2D eigenvalue weighted by Crippen LogP contribution is 2.07. The fraction of sp³-hybridized carbons (Fsp3) is 0.786. The topological polar surface area (TPSA) is 84.9 Å². The number of nitrogens with one attached hydrogen (secondary N) is 1. The highest BCUT2D eigenvalue weighted by molar-refractivity contribution is 5.88. The van der Waals surface area contributed by atoms with Crippen LogP contribution in [0, 0.1) is 0 Å². The quantitative estimate of drug-likeness (QED) is 0.748. The van der Waals surface area contributed by atoms with Crippen molar-refractivity contribution >= 4 is 18.0 Å². The summed E-state index contributed by atoms with van der Waals surface area (Å²) in [7, 11) is 0. The van der Waals surface area contributed by atoms with Gasteiger partial charge in [-0.2, -0.15) is 0 Å². The Morgan fingerprint density at radius 3 is 2.19 bits per heavy atom. The number of nitrogens with zero attached hydrogens (tertiary/aromatic N) is 1. The Labute approximate surface area is 126 Å². The molecule has 2 amide bonds. The van der Waals surface area contributed by atoms with E-state index < -0.39 is 23.7 Å². The highest BCUT2D eigenvalue weighted by Gasteiger charge is 2.25. The van der Waals surface area contributed by atoms with E-state index in [1.165, 1.54) is 4.90 Å². The van der Waals surface area contributed by atoms with E-state index in [4.69, 9.17) is 9.47 Å². The minimum atomic E-state index is -0.783. The molecule has 7 nitrogen and oxygen atoms in total. The second-order valence-corrected chi connectivity index (χ2v) is 5.53. The van der Waals surface area contributed by atoms with Crippen molar-refractivity contribution in [3.8, 4) is 0 Å². The second kappa shape index (κ2) is 8.49. The molecule has 0 aliphatic rings. The SMILES string of the molecule is CCOC(=O)CN(CC)C(=O)[C@H](C)NC(=O)OC(C)(C)C. The smallest absolute Gasteiger partial charge is 0.408 e. The van der Waals surface area contributed by atoms with E-state index in [9.17, 15) is 14.4 Å². The van der Waals surface area contributed by atoms with Gasteiger partial charge in [-0.25, -0.2) is 4.79 Å². The molecule has 0 aromatic rings. The number of hydrogen-bond acceptors (Lipinski definition) is 5. The first-order chi connectivity index (χ1) is 9.60. The molecule has 122 valence electrons. The van der Waals surface area contributed by atoms with E-state index in [1.807, 2.05) is 0 Å². The van der Waals surface area contributed by atoms with Gasteiger partial charge >= 0.3 is 12.1 Å². The number of ether oxygens (including phenoxy) is 2. The molecule has 0 aromatic carbocycles. The fourth-order valence-corrected chi connectivity index (χ4v) is 1.53. The van der Waals surface area contributed by atoms with Crippen molar-refractivity contribution in [1.82, 2.24) is 10.2 Å². The molecular weight excluding hydrogens is 276 g/mol. The van der Waals surface area contributed by atoms with Gasteiger partial charge in [0, 0.05) is 6.54 Å². The molecule has 21 heavy (non-hydrogen) atoms. The molecule has 0 aliphatic heterocycles. The number of rotatable bonds is 6. The van der Waals surface area contributed by atoms with Crippen LogP contribution in [-0.2, 0) is 19.1 Å². The molecule has 0 fully saturated rings. The second-order valence-electron chi connectivity index (χ2n) is 5.53. The molecule has 0 saturated carbocycles. The summed E-state index contributed by atoms with van der Waals surface area (Å²) in [4.78, 5) is 36.5. The Morgan fingerprint density at radius 1 is 1.19 bits per heavy atom. The van der Waals surface area contributed by atoms with Crippen molar-refractivity contribution in [2.45, 2.75) is 53.2 Å². The summed E-state index contributed by atoms with van der Waals surface area (Å²) in [6.45, 7) is 10.7. The number of alkyl carbamates (subject to hydrolysis) is 1. The van der Waals surface area contributed by atoms with Crippen LogP contribution < -0.4 is 5.32 Å². The van der Waals surface area contributed by atoms with Crippen LogP contribution in [0.1, 0.15) is 41.5 Å². The van der Waals surface area contributed by atoms with E-state index in [0.29, 0.717) is 6.54 Å². The van der Waals surface area contributed by atoms with Crippen LogP contribution in [-0.4, -0.2) is 54.2 Å². The van der Waals surface area contributed by atoms with Gasteiger partial charge in [-0.1, -0.05) is 0 Å². The summed E-state index contributed by atoms with van der Waals surface area (Å²) < 4.78 is 9.89. The van der Waals surface area contributed by atoms with Gasteiger partial charge in [0.1, 0.15) is 18.2 Å². The van der Waals surface area contributed by atoms with Crippen molar-refractivity contribution in [3.63, 3.8) is 0 Å². The molecule has 0 saturated heterocycles. The summed E-state index contributed by atoms with van der Waals surface area (Å²) in [5.74, 6) is -0.839. The van der Waals surface area contributed by atoms with Crippen LogP contribution in [0.5, 0.6) is 0 Å². The minimum Gasteiger partial charge on any atom is -0.465 e. The van der Waals surface area contributed by atoms with Crippen molar-refractivity contribution < 1.29 is 23.9 Å². The molecule has 1 atom stereocenters. The predicted octanol–water partition coefficient (Wildman–Crippen LogP) is 1.31. The van der Waals surface area contributed by atoms with E-state index in [1.54, 1.807) is 41.5 Å².